The minimum atomic E-state index is -0.401. The molecule has 2 aliphatic heterocycles. The van der Waals surface area contributed by atoms with Crippen LogP contribution in [0.25, 0.3) is 0 Å². The molecule has 1 aromatic rings. The summed E-state index contributed by atoms with van der Waals surface area (Å²) >= 11 is 0. The number of hydrogen-bond donors (Lipinski definition) is 2. The summed E-state index contributed by atoms with van der Waals surface area (Å²) in [6.45, 7) is 3.98. The molecule has 6 heteroatoms. The Hall–Kier alpha value is -1.95. The number of benzene rings is 1. The number of hydrogen-bond acceptors (Lipinski definition) is 3. The molecule has 0 saturated carbocycles. The van der Waals surface area contributed by atoms with Crippen LogP contribution in [0.2, 0.25) is 0 Å². The van der Waals surface area contributed by atoms with Crippen LogP contribution in [0, 0.1) is 12.7 Å². The molecule has 0 aromatic heterocycles. The standard InChI is InChI=1S/C19H26FN3O2/c1-13-7-8-14(10-16(13)20)12-23-9-3-4-15(23)11-21-19(25)17-5-2-6-18(24)22-17/h7-8,10,15,17H,2-6,9,11-12H2,1H3,(H,21,25)(H,22,24)/t15?,17-/m1/s1. The molecule has 2 N–H and O–H groups in total. The maximum atomic E-state index is 13.7. The van der Waals surface area contributed by atoms with Gasteiger partial charge in [0.1, 0.15) is 11.9 Å². The molecule has 2 aliphatic rings. The predicted octanol–water partition coefficient (Wildman–Crippen LogP) is 1.88. The van der Waals surface area contributed by atoms with Gasteiger partial charge in [-0.2, -0.15) is 0 Å². The van der Waals surface area contributed by atoms with E-state index in [2.05, 4.69) is 15.5 Å². The molecule has 2 saturated heterocycles. The molecule has 3 rings (SSSR count). The smallest absolute Gasteiger partial charge is 0.242 e. The number of piperidine rings is 1. The number of likely N-dealkylation sites (tertiary alicyclic amines) is 1. The van der Waals surface area contributed by atoms with Crippen molar-refractivity contribution in [3.05, 3.63) is 35.1 Å². The van der Waals surface area contributed by atoms with Gasteiger partial charge in [-0.15, -0.1) is 0 Å². The molecule has 136 valence electrons. The zero-order valence-electron chi connectivity index (χ0n) is 14.7. The molecule has 2 fully saturated rings. The van der Waals surface area contributed by atoms with Crippen LogP contribution in [0.5, 0.6) is 0 Å². The quantitative estimate of drug-likeness (QED) is 0.855. The second-order valence-electron chi connectivity index (χ2n) is 7.11. The first-order valence-electron chi connectivity index (χ1n) is 9.09. The van der Waals surface area contributed by atoms with Crippen molar-refractivity contribution in [3.63, 3.8) is 0 Å². The fourth-order valence-corrected chi connectivity index (χ4v) is 3.65. The van der Waals surface area contributed by atoms with Crippen molar-refractivity contribution >= 4 is 11.8 Å². The molecule has 0 bridgehead atoms. The zero-order valence-corrected chi connectivity index (χ0v) is 14.7. The third-order valence-electron chi connectivity index (χ3n) is 5.18. The highest BCUT2D eigenvalue weighted by Gasteiger charge is 2.28. The lowest BCUT2D eigenvalue weighted by molar-refractivity contribution is -0.131. The second-order valence-corrected chi connectivity index (χ2v) is 7.11. The third kappa shape index (κ3) is 4.57. The van der Waals surface area contributed by atoms with E-state index < -0.39 is 6.04 Å². The van der Waals surface area contributed by atoms with Crippen molar-refractivity contribution < 1.29 is 14.0 Å². The Balaban J connectivity index is 1.52. The fraction of sp³-hybridized carbons (Fsp3) is 0.579. The number of nitrogens with zero attached hydrogens (tertiary/aromatic N) is 1. The van der Waals surface area contributed by atoms with Gasteiger partial charge in [0.15, 0.2) is 0 Å². The third-order valence-corrected chi connectivity index (χ3v) is 5.18. The van der Waals surface area contributed by atoms with Crippen LogP contribution < -0.4 is 10.6 Å². The Morgan fingerprint density at radius 1 is 1.36 bits per heavy atom. The molecule has 2 amide bonds. The topological polar surface area (TPSA) is 61.4 Å². The number of amides is 2. The number of rotatable bonds is 5. The van der Waals surface area contributed by atoms with Crippen LogP contribution in [-0.2, 0) is 16.1 Å². The summed E-state index contributed by atoms with van der Waals surface area (Å²) in [5.41, 5.74) is 1.62. The van der Waals surface area contributed by atoms with Crippen LogP contribution in [0.1, 0.15) is 43.2 Å². The van der Waals surface area contributed by atoms with Gasteiger partial charge >= 0.3 is 0 Å². The largest absolute Gasteiger partial charge is 0.353 e. The normalized spacial score (nSPS) is 24.2. The van der Waals surface area contributed by atoms with Crippen molar-refractivity contribution in [2.24, 2.45) is 0 Å². The molecule has 1 unspecified atom stereocenters. The van der Waals surface area contributed by atoms with E-state index in [9.17, 15) is 14.0 Å². The molecule has 0 aliphatic carbocycles. The second kappa shape index (κ2) is 7.95. The van der Waals surface area contributed by atoms with E-state index in [1.54, 1.807) is 13.0 Å². The van der Waals surface area contributed by atoms with Gasteiger partial charge in [-0.05, 0) is 56.3 Å². The summed E-state index contributed by atoms with van der Waals surface area (Å²) in [4.78, 5) is 26.0. The fourth-order valence-electron chi connectivity index (χ4n) is 3.65. The van der Waals surface area contributed by atoms with E-state index in [1.807, 2.05) is 12.1 Å². The number of carbonyl (C=O) groups excluding carboxylic acids is 2. The first kappa shape index (κ1) is 17.9. The van der Waals surface area contributed by atoms with Crippen molar-refractivity contribution in [1.82, 2.24) is 15.5 Å². The molecule has 25 heavy (non-hydrogen) atoms. The highest BCUT2D eigenvalue weighted by Crippen LogP contribution is 2.21. The van der Waals surface area contributed by atoms with E-state index in [4.69, 9.17) is 0 Å². The van der Waals surface area contributed by atoms with Gasteiger partial charge < -0.3 is 10.6 Å². The van der Waals surface area contributed by atoms with E-state index in [-0.39, 0.29) is 23.7 Å². The van der Waals surface area contributed by atoms with E-state index >= 15 is 0 Å². The Bertz CT molecular complexity index is 650. The van der Waals surface area contributed by atoms with Crippen LogP contribution in [0.3, 0.4) is 0 Å². The van der Waals surface area contributed by atoms with Crippen LogP contribution >= 0.6 is 0 Å². The summed E-state index contributed by atoms with van der Waals surface area (Å²) in [6.07, 6.45) is 4.07. The lowest BCUT2D eigenvalue weighted by Gasteiger charge is -2.27. The van der Waals surface area contributed by atoms with Gasteiger partial charge in [0.25, 0.3) is 0 Å². The van der Waals surface area contributed by atoms with E-state index in [0.717, 1.165) is 31.4 Å². The van der Waals surface area contributed by atoms with Crippen molar-refractivity contribution in [3.8, 4) is 0 Å². The van der Waals surface area contributed by atoms with Gasteiger partial charge in [-0.1, -0.05) is 12.1 Å². The number of carbonyl (C=O) groups is 2. The average molecular weight is 347 g/mol. The van der Waals surface area contributed by atoms with Crippen molar-refractivity contribution in [2.45, 2.75) is 57.7 Å². The van der Waals surface area contributed by atoms with E-state index in [1.165, 1.54) is 0 Å². The molecule has 2 heterocycles. The molecular weight excluding hydrogens is 321 g/mol. The summed E-state index contributed by atoms with van der Waals surface area (Å²) < 4.78 is 13.7. The highest BCUT2D eigenvalue weighted by molar-refractivity contribution is 5.88. The number of halogens is 1. The first-order chi connectivity index (χ1) is 12.0. The average Bonchev–Trinajstić information content (AvgIpc) is 3.03. The van der Waals surface area contributed by atoms with Gasteiger partial charge in [0.05, 0.1) is 0 Å². The molecule has 2 atom stereocenters. The summed E-state index contributed by atoms with van der Waals surface area (Å²) in [6, 6.07) is 5.23. The summed E-state index contributed by atoms with van der Waals surface area (Å²) in [5.74, 6) is -0.314. The Morgan fingerprint density at radius 3 is 2.96 bits per heavy atom. The molecule has 0 spiro atoms. The van der Waals surface area contributed by atoms with Gasteiger partial charge in [0, 0.05) is 25.6 Å². The summed E-state index contributed by atoms with van der Waals surface area (Å²) in [7, 11) is 0. The predicted molar refractivity (Wildman–Crippen MR) is 93.4 cm³/mol. The highest BCUT2D eigenvalue weighted by atomic mass is 19.1. The van der Waals surface area contributed by atoms with Gasteiger partial charge in [-0.3, -0.25) is 14.5 Å². The SMILES string of the molecule is Cc1ccc(CN2CCCC2CNC(=O)[C@H]2CCCC(=O)N2)cc1F. The zero-order chi connectivity index (χ0) is 17.8. The van der Waals surface area contributed by atoms with Crippen LogP contribution in [0.15, 0.2) is 18.2 Å². The number of nitrogens with one attached hydrogen (secondary N) is 2. The Labute approximate surface area is 148 Å². The molecular formula is C19H26FN3O2. The maximum Gasteiger partial charge on any atom is 0.242 e. The maximum absolute atomic E-state index is 13.7. The minimum Gasteiger partial charge on any atom is -0.353 e. The molecule has 1 aromatic carbocycles. The van der Waals surface area contributed by atoms with E-state index in [0.29, 0.717) is 31.5 Å². The van der Waals surface area contributed by atoms with Crippen molar-refractivity contribution in [1.29, 1.82) is 0 Å². The number of aryl methyl sites for hydroxylation is 1. The van der Waals surface area contributed by atoms with Gasteiger partial charge in [-0.25, -0.2) is 4.39 Å². The lowest BCUT2D eigenvalue weighted by Crippen LogP contribution is -2.51. The Morgan fingerprint density at radius 2 is 2.20 bits per heavy atom. The van der Waals surface area contributed by atoms with Crippen LogP contribution in [0.4, 0.5) is 4.39 Å². The summed E-state index contributed by atoms with van der Waals surface area (Å²) in [5, 5.41) is 5.73. The monoisotopic (exact) mass is 347 g/mol. The Kier molecular flexibility index (Phi) is 5.68. The molecule has 0 radical (unpaired) electrons. The lowest BCUT2D eigenvalue weighted by atomic mass is 10.0. The minimum absolute atomic E-state index is 0.0460. The van der Waals surface area contributed by atoms with Crippen LogP contribution in [-0.4, -0.2) is 41.9 Å². The van der Waals surface area contributed by atoms with Gasteiger partial charge in [0.2, 0.25) is 11.8 Å². The molecule has 5 nitrogen and oxygen atoms in total. The first-order valence-corrected chi connectivity index (χ1v) is 9.09. The van der Waals surface area contributed by atoms with Crippen molar-refractivity contribution in [2.75, 3.05) is 13.1 Å².